The Bertz CT molecular complexity index is 545. The molecule has 0 bridgehead atoms. The van der Waals surface area contributed by atoms with Crippen LogP contribution in [0, 0.1) is 15.9 Å². The van der Waals surface area contributed by atoms with E-state index in [1.807, 2.05) is 0 Å². The molecule has 1 atom stereocenters. The quantitative estimate of drug-likeness (QED) is 0.526. The van der Waals surface area contributed by atoms with Crippen molar-refractivity contribution in [2.45, 2.75) is 18.6 Å². The lowest BCUT2D eigenvalue weighted by molar-refractivity contribution is -0.387. The van der Waals surface area contributed by atoms with Crippen LogP contribution in [0.1, 0.15) is 18.0 Å². The first-order valence-electron chi connectivity index (χ1n) is 6.73. The molecule has 5 nitrogen and oxygen atoms in total. The zero-order valence-corrected chi connectivity index (χ0v) is 11.6. The van der Waals surface area contributed by atoms with Crippen molar-refractivity contribution < 1.29 is 22.5 Å². The monoisotopic (exact) mass is 321 g/mol. The number of halogens is 4. The third-order valence-corrected chi connectivity index (χ3v) is 3.57. The maximum atomic E-state index is 13.4. The molecule has 0 aromatic heterocycles. The normalized spacial score (nSPS) is 18.2. The number of rotatable bonds is 4. The van der Waals surface area contributed by atoms with E-state index in [0.717, 1.165) is 12.1 Å². The van der Waals surface area contributed by atoms with E-state index in [0.29, 0.717) is 26.2 Å². The van der Waals surface area contributed by atoms with E-state index >= 15 is 0 Å². The number of hydrogen-bond donors (Lipinski definition) is 1. The summed E-state index contributed by atoms with van der Waals surface area (Å²) in [6.07, 6.45) is -5.55. The molecule has 22 heavy (non-hydrogen) atoms. The predicted molar refractivity (Wildman–Crippen MR) is 70.9 cm³/mol. The summed E-state index contributed by atoms with van der Waals surface area (Å²) in [4.78, 5) is 11.5. The van der Waals surface area contributed by atoms with Crippen molar-refractivity contribution in [3.8, 4) is 0 Å². The number of hydrogen-bond acceptors (Lipinski definition) is 4. The van der Waals surface area contributed by atoms with Gasteiger partial charge in [-0.25, -0.2) is 0 Å². The van der Waals surface area contributed by atoms with Crippen molar-refractivity contribution in [1.29, 1.82) is 0 Å². The highest BCUT2D eigenvalue weighted by Gasteiger charge is 2.36. The summed E-state index contributed by atoms with van der Waals surface area (Å²) in [7, 11) is 0. The first-order chi connectivity index (χ1) is 10.3. The maximum absolute atomic E-state index is 13.4. The zero-order chi connectivity index (χ0) is 16.3. The Balaban J connectivity index is 2.35. The molecule has 2 rings (SSSR count). The van der Waals surface area contributed by atoms with Crippen molar-refractivity contribution in [2.24, 2.45) is 0 Å². The Morgan fingerprint density at radius 2 is 1.95 bits per heavy atom. The molecule has 1 aromatic rings. The topological polar surface area (TPSA) is 58.4 Å². The summed E-state index contributed by atoms with van der Waals surface area (Å²) < 4.78 is 51.9. The molecule has 0 saturated carbocycles. The Morgan fingerprint density at radius 3 is 2.50 bits per heavy atom. The van der Waals surface area contributed by atoms with Crippen molar-refractivity contribution in [3.63, 3.8) is 0 Å². The number of nitro groups is 1. The van der Waals surface area contributed by atoms with Crippen LogP contribution in [-0.2, 0) is 0 Å². The fourth-order valence-electron chi connectivity index (χ4n) is 2.55. The maximum Gasteiger partial charge on any atom is 0.390 e. The molecule has 1 saturated heterocycles. The predicted octanol–water partition coefficient (Wildman–Crippen LogP) is 2.63. The molecular formula is C13H15F4N3O2. The van der Waals surface area contributed by atoms with Gasteiger partial charge in [0.05, 0.1) is 11.3 Å². The molecular weight excluding hydrogens is 306 g/mol. The zero-order valence-electron chi connectivity index (χ0n) is 11.6. The Labute approximate surface area is 124 Å². The molecule has 0 aliphatic carbocycles. The fourth-order valence-corrected chi connectivity index (χ4v) is 2.55. The van der Waals surface area contributed by atoms with Gasteiger partial charge in [0.15, 0.2) is 0 Å². The van der Waals surface area contributed by atoms with E-state index in [4.69, 9.17) is 0 Å². The van der Waals surface area contributed by atoms with Gasteiger partial charge in [-0.2, -0.15) is 17.6 Å². The molecule has 0 spiro atoms. The summed E-state index contributed by atoms with van der Waals surface area (Å²) in [6, 6.07) is 1.87. The van der Waals surface area contributed by atoms with E-state index < -0.39 is 35.1 Å². The van der Waals surface area contributed by atoms with Crippen molar-refractivity contribution in [1.82, 2.24) is 10.2 Å². The van der Waals surface area contributed by atoms with E-state index in [-0.39, 0.29) is 5.56 Å². The smallest absolute Gasteiger partial charge is 0.314 e. The third-order valence-electron chi connectivity index (χ3n) is 3.57. The van der Waals surface area contributed by atoms with E-state index in [9.17, 15) is 27.7 Å². The molecule has 1 heterocycles. The molecule has 0 unspecified atom stereocenters. The van der Waals surface area contributed by atoms with Crippen LogP contribution in [0.2, 0.25) is 0 Å². The SMILES string of the molecule is O=[N+]([O-])c1cc([C@@H](CC(F)(F)F)N2CCNCC2)ccc1F. The summed E-state index contributed by atoms with van der Waals surface area (Å²) in [6.45, 7) is 1.87. The van der Waals surface area contributed by atoms with Crippen molar-refractivity contribution in [3.05, 3.63) is 39.7 Å². The molecule has 1 fully saturated rings. The highest BCUT2D eigenvalue weighted by Crippen LogP contribution is 2.35. The summed E-state index contributed by atoms with van der Waals surface area (Å²) in [5.74, 6) is -1.06. The average molecular weight is 321 g/mol. The minimum atomic E-state index is -4.42. The van der Waals surface area contributed by atoms with Gasteiger partial charge in [0, 0.05) is 38.3 Å². The second kappa shape index (κ2) is 6.57. The lowest BCUT2D eigenvalue weighted by atomic mass is 10.00. The Morgan fingerprint density at radius 1 is 1.32 bits per heavy atom. The van der Waals surface area contributed by atoms with Gasteiger partial charge in [0.1, 0.15) is 0 Å². The summed E-state index contributed by atoms with van der Waals surface area (Å²) in [5.41, 5.74) is -0.702. The van der Waals surface area contributed by atoms with Crippen LogP contribution in [0.5, 0.6) is 0 Å². The first kappa shape index (κ1) is 16.6. The Kier molecular flexibility index (Phi) is 4.97. The molecule has 122 valence electrons. The number of alkyl halides is 3. The van der Waals surface area contributed by atoms with Gasteiger partial charge in [0.25, 0.3) is 0 Å². The second-order valence-electron chi connectivity index (χ2n) is 5.09. The average Bonchev–Trinajstić information content (AvgIpc) is 2.45. The van der Waals surface area contributed by atoms with Crippen LogP contribution in [0.15, 0.2) is 18.2 Å². The standard InChI is InChI=1S/C13H15F4N3O2/c14-10-2-1-9(7-11(10)20(21)22)12(8-13(15,16)17)19-5-3-18-4-6-19/h1-2,7,12,18H,3-6,8H2/t12-/m1/s1. The number of nitrogens with one attached hydrogen (secondary N) is 1. The minimum Gasteiger partial charge on any atom is -0.314 e. The molecule has 1 aliphatic rings. The number of nitrogens with zero attached hydrogens (tertiary/aromatic N) is 2. The van der Waals surface area contributed by atoms with Crippen LogP contribution >= 0.6 is 0 Å². The van der Waals surface area contributed by atoms with Crippen LogP contribution in [0.25, 0.3) is 0 Å². The highest BCUT2D eigenvalue weighted by molar-refractivity contribution is 5.37. The van der Waals surface area contributed by atoms with Gasteiger partial charge in [-0.3, -0.25) is 15.0 Å². The van der Waals surface area contributed by atoms with Gasteiger partial charge in [0.2, 0.25) is 5.82 Å². The molecule has 1 aliphatic heterocycles. The van der Waals surface area contributed by atoms with Crippen LogP contribution in [-0.4, -0.2) is 42.2 Å². The lowest BCUT2D eigenvalue weighted by Gasteiger charge is -2.35. The first-order valence-corrected chi connectivity index (χ1v) is 6.73. The molecule has 1 N–H and O–H groups in total. The van der Waals surface area contributed by atoms with Gasteiger partial charge >= 0.3 is 11.9 Å². The number of benzene rings is 1. The summed E-state index contributed by atoms with van der Waals surface area (Å²) >= 11 is 0. The number of piperazine rings is 1. The van der Waals surface area contributed by atoms with E-state index in [1.165, 1.54) is 6.07 Å². The number of nitro benzene ring substituents is 1. The fraction of sp³-hybridized carbons (Fsp3) is 0.538. The molecule has 1 aromatic carbocycles. The van der Waals surface area contributed by atoms with Gasteiger partial charge in [-0.15, -0.1) is 0 Å². The van der Waals surface area contributed by atoms with Gasteiger partial charge < -0.3 is 5.32 Å². The largest absolute Gasteiger partial charge is 0.390 e. The minimum absolute atomic E-state index is 0.104. The van der Waals surface area contributed by atoms with E-state index in [1.54, 1.807) is 4.90 Å². The summed E-state index contributed by atoms with van der Waals surface area (Å²) in [5, 5.41) is 13.8. The van der Waals surface area contributed by atoms with Gasteiger partial charge in [-0.05, 0) is 11.6 Å². The van der Waals surface area contributed by atoms with E-state index in [2.05, 4.69) is 5.32 Å². The van der Waals surface area contributed by atoms with Crippen molar-refractivity contribution >= 4 is 5.69 Å². The van der Waals surface area contributed by atoms with Crippen LogP contribution < -0.4 is 5.32 Å². The second-order valence-corrected chi connectivity index (χ2v) is 5.09. The van der Waals surface area contributed by atoms with Crippen LogP contribution in [0.3, 0.4) is 0 Å². The van der Waals surface area contributed by atoms with Gasteiger partial charge in [-0.1, -0.05) is 6.07 Å². The van der Waals surface area contributed by atoms with Crippen LogP contribution in [0.4, 0.5) is 23.2 Å². The molecule has 9 heteroatoms. The van der Waals surface area contributed by atoms with Crippen molar-refractivity contribution in [2.75, 3.05) is 26.2 Å². The highest BCUT2D eigenvalue weighted by atomic mass is 19.4. The lowest BCUT2D eigenvalue weighted by Crippen LogP contribution is -2.46. The molecule has 0 radical (unpaired) electrons. The molecule has 0 amide bonds. The Hall–Kier alpha value is -1.74. The third kappa shape index (κ3) is 4.14.